The molecule has 10 nitrogen and oxygen atoms in total. The number of thioether (sulfide) groups is 1. The highest BCUT2D eigenvalue weighted by molar-refractivity contribution is 7.98. The number of aromatic nitrogens is 2. The van der Waals surface area contributed by atoms with Gasteiger partial charge < -0.3 is 15.4 Å². The maximum absolute atomic E-state index is 12.8. The van der Waals surface area contributed by atoms with Crippen molar-refractivity contribution in [2.45, 2.75) is 22.9 Å². The quantitative estimate of drug-likeness (QED) is 0.525. The van der Waals surface area contributed by atoms with E-state index in [2.05, 4.69) is 15.7 Å². The first-order chi connectivity index (χ1) is 14.7. The van der Waals surface area contributed by atoms with E-state index in [0.29, 0.717) is 36.0 Å². The van der Waals surface area contributed by atoms with Crippen LogP contribution in [0.4, 0.5) is 5.82 Å². The summed E-state index contributed by atoms with van der Waals surface area (Å²) in [5, 5.41) is 10.1. The average Bonchev–Trinajstić information content (AvgIpc) is 3.30. The Balaban J connectivity index is 1.77. The van der Waals surface area contributed by atoms with Crippen LogP contribution in [0.25, 0.3) is 0 Å². The molecule has 168 valence electrons. The van der Waals surface area contributed by atoms with E-state index in [4.69, 9.17) is 4.74 Å². The molecule has 12 heteroatoms. The highest BCUT2D eigenvalue weighted by Gasteiger charge is 2.25. The van der Waals surface area contributed by atoms with Crippen molar-refractivity contribution >= 4 is 39.4 Å². The monoisotopic (exact) mass is 467 g/mol. The Morgan fingerprint density at radius 1 is 1.23 bits per heavy atom. The second-order valence-corrected chi connectivity index (χ2v) is 10.2. The van der Waals surface area contributed by atoms with Gasteiger partial charge in [-0.25, -0.2) is 17.4 Å². The number of amides is 2. The number of hydrogen-bond acceptors (Lipinski definition) is 7. The van der Waals surface area contributed by atoms with Crippen LogP contribution in [0, 0.1) is 0 Å². The SMILES string of the molecule is COCCNC(=O)Cn1nc2c(c1NC(=O)c1ccc(S(=O)(=O)N(C)C)cc1)CSC2. The van der Waals surface area contributed by atoms with Crippen LogP contribution < -0.4 is 10.6 Å². The third-order valence-electron chi connectivity index (χ3n) is 4.67. The number of benzene rings is 1. The zero-order valence-corrected chi connectivity index (χ0v) is 19.2. The molecule has 0 fully saturated rings. The minimum Gasteiger partial charge on any atom is -0.383 e. The Kier molecular flexibility index (Phi) is 7.36. The van der Waals surface area contributed by atoms with Crippen LogP contribution in [0.5, 0.6) is 0 Å². The number of fused-ring (bicyclic) bond motifs is 1. The van der Waals surface area contributed by atoms with Gasteiger partial charge in [-0.15, -0.1) is 0 Å². The molecule has 2 N–H and O–H groups in total. The largest absolute Gasteiger partial charge is 0.383 e. The maximum Gasteiger partial charge on any atom is 0.256 e. The number of carbonyl (C=O) groups is 2. The van der Waals surface area contributed by atoms with Crippen molar-refractivity contribution in [1.82, 2.24) is 19.4 Å². The molecule has 0 radical (unpaired) electrons. The van der Waals surface area contributed by atoms with Crippen LogP contribution in [0.2, 0.25) is 0 Å². The number of anilines is 1. The number of carbonyl (C=O) groups excluding carboxylic acids is 2. The highest BCUT2D eigenvalue weighted by atomic mass is 32.2. The van der Waals surface area contributed by atoms with E-state index in [1.807, 2.05) is 0 Å². The van der Waals surface area contributed by atoms with Crippen LogP contribution in [0.1, 0.15) is 21.6 Å². The van der Waals surface area contributed by atoms with Crippen molar-refractivity contribution in [3.05, 3.63) is 41.1 Å². The summed E-state index contributed by atoms with van der Waals surface area (Å²) in [6.07, 6.45) is 0. The molecule has 0 saturated heterocycles. The molecule has 2 aromatic rings. The lowest BCUT2D eigenvalue weighted by Crippen LogP contribution is -2.31. The fourth-order valence-electron chi connectivity index (χ4n) is 2.97. The minimum absolute atomic E-state index is 0.0307. The molecule has 1 aromatic heterocycles. The van der Waals surface area contributed by atoms with Gasteiger partial charge in [-0.3, -0.25) is 9.59 Å². The number of hydrogen-bond donors (Lipinski definition) is 2. The Hall–Kier alpha value is -2.41. The van der Waals surface area contributed by atoms with E-state index in [9.17, 15) is 18.0 Å². The van der Waals surface area contributed by atoms with Gasteiger partial charge in [-0.05, 0) is 24.3 Å². The number of nitrogens with zero attached hydrogens (tertiary/aromatic N) is 3. The van der Waals surface area contributed by atoms with Gasteiger partial charge in [0.1, 0.15) is 12.4 Å². The van der Waals surface area contributed by atoms with Gasteiger partial charge in [-0.1, -0.05) is 0 Å². The first-order valence-electron chi connectivity index (χ1n) is 9.50. The lowest BCUT2D eigenvalue weighted by molar-refractivity contribution is -0.122. The van der Waals surface area contributed by atoms with Gasteiger partial charge in [0, 0.05) is 50.4 Å². The van der Waals surface area contributed by atoms with Crippen molar-refractivity contribution in [2.75, 3.05) is 39.7 Å². The summed E-state index contributed by atoms with van der Waals surface area (Å²) in [5.74, 6) is 1.25. The summed E-state index contributed by atoms with van der Waals surface area (Å²) < 4.78 is 31.9. The van der Waals surface area contributed by atoms with Crippen molar-refractivity contribution in [3.8, 4) is 0 Å². The predicted octanol–water partition coefficient (Wildman–Crippen LogP) is 0.895. The van der Waals surface area contributed by atoms with Gasteiger partial charge in [0.05, 0.1) is 17.2 Å². The molecule has 0 saturated carbocycles. The topological polar surface area (TPSA) is 123 Å². The van der Waals surface area contributed by atoms with Crippen molar-refractivity contribution < 1.29 is 22.7 Å². The van der Waals surface area contributed by atoms with Crippen LogP contribution in [-0.2, 0) is 37.6 Å². The van der Waals surface area contributed by atoms with E-state index < -0.39 is 15.9 Å². The molecule has 3 rings (SSSR count). The lowest BCUT2D eigenvalue weighted by atomic mass is 10.2. The molecule has 0 unspecified atom stereocenters. The van der Waals surface area contributed by atoms with E-state index >= 15 is 0 Å². The molecule has 0 aliphatic carbocycles. The molecule has 2 heterocycles. The van der Waals surface area contributed by atoms with Gasteiger partial charge >= 0.3 is 0 Å². The van der Waals surface area contributed by atoms with Gasteiger partial charge in [0.2, 0.25) is 15.9 Å². The predicted molar refractivity (Wildman–Crippen MR) is 117 cm³/mol. The Bertz CT molecular complexity index is 1060. The summed E-state index contributed by atoms with van der Waals surface area (Å²) in [6, 6.07) is 5.70. The molecular formula is C19H25N5O5S2. The summed E-state index contributed by atoms with van der Waals surface area (Å²) in [6.45, 7) is 0.758. The molecule has 0 bridgehead atoms. The molecule has 1 aliphatic heterocycles. The Morgan fingerprint density at radius 2 is 1.94 bits per heavy atom. The summed E-state index contributed by atoms with van der Waals surface area (Å²) in [5.41, 5.74) is 2.04. The Morgan fingerprint density at radius 3 is 2.58 bits per heavy atom. The third-order valence-corrected chi connectivity index (χ3v) is 7.47. The smallest absolute Gasteiger partial charge is 0.256 e. The van der Waals surface area contributed by atoms with Crippen LogP contribution in [-0.4, -0.2) is 68.7 Å². The lowest BCUT2D eigenvalue weighted by Gasteiger charge is -2.13. The average molecular weight is 468 g/mol. The number of nitrogens with one attached hydrogen (secondary N) is 2. The number of methoxy groups -OCH3 is 1. The molecule has 1 aliphatic rings. The summed E-state index contributed by atoms with van der Waals surface area (Å²) in [7, 11) is 0.869. The van der Waals surface area contributed by atoms with Crippen LogP contribution in [0.15, 0.2) is 29.2 Å². The van der Waals surface area contributed by atoms with E-state index in [0.717, 1.165) is 15.6 Å². The second kappa shape index (κ2) is 9.81. The fraction of sp³-hybridized carbons (Fsp3) is 0.421. The standard InChI is InChI=1S/C19H25N5O5S2/c1-23(2)31(27,28)14-6-4-13(5-7-14)19(26)21-18-15-11-30-12-16(15)22-24(18)10-17(25)20-8-9-29-3/h4-7H,8-12H2,1-3H3,(H,20,25)(H,21,26). The van der Waals surface area contributed by atoms with Crippen LogP contribution >= 0.6 is 11.8 Å². The number of sulfonamides is 1. The first kappa shape index (κ1) is 23.3. The Labute approximate surface area is 185 Å². The van der Waals surface area contributed by atoms with E-state index in [-0.39, 0.29) is 17.3 Å². The van der Waals surface area contributed by atoms with Gasteiger partial charge in [-0.2, -0.15) is 16.9 Å². The maximum atomic E-state index is 12.8. The third kappa shape index (κ3) is 5.26. The van der Waals surface area contributed by atoms with Gasteiger partial charge in [0.15, 0.2) is 0 Å². The normalized spacial score (nSPS) is 13.3. The van der Waals surface area contributed by atoms with Crippen molar-refractivity contribution in [2.24, 2.45) is 0 Å². The second-order valence-electron chi connectivity index (χ2n) is 7.03. The number of ether oxygens (including phenoxy) is 1. The van der Waals surface area contributed by atoms with Crippen molar-refractivity contribution in [3.63, 3.8) is 0 Å². The minimum atomic E-state index is -3.58. The zero-order chi connectivity index (χ0) is 22.6. The highest BCUT2D eigenvalue weighted by Crippen LogP contribution is 2.34. The molecule has 0 atom stereocenters. The molecule has 2 amide bonds. The molecule has 1 aromatic carbocycles. The molecule has 31 heavy (non-hydrogen) atoms. The molecule has 0 spiro atoms. The summed E-state index contributed by atoms with van der Waals surface area (Å²) >= 11 is 1.68. The number of rotatable bonds is 9. The van der Waals surface area contributed by atoms with E-state index in [1.54, 1.807) is 18.9 Å². The zero-order valence-electron chi connectivity index (χ0n) is 17.5. The summed E-state index contributed by atoms with van der Waals surface area (Å²) in [4.78, 5) is 25.1. The van der Waals surface area contributed by atoms with Crippen molar-refractivity contribution in [1.29, 1.82) is 0 Å². The molecular weight excluding hydrogens is 442 g/mol. The van der Waals surface area contributed by atoms with Gasteiger partial charge in [0.25, 0.3) is 5.91 Å². The van der Waals surface area contributed by atoms with E-state index in [1.165, 1.54) is 43.0 Å². The first-order valence-corrected chi connectivity index (χ1v) is 12.1. The fourth-order valence-corrected chi connectivity index (χ4v) is 4.91. The van der Waals surface area contributed by atoms with Crippen LogP contribution in [0.3, 0.4) is 0 Å².